The lowest BCUT2D eigenvalue weighted by Gasteiger charge is -2.24. The van der Waals surface area contributed by atoms with Crippen LogP contribution in [0.2, 0.25) is 5.02 Å². The Morgan fingerprint density at radius 2 is 1.57 bits per heavy atom. The maximum absolute atomic E-state index is 13.8. The summed E-state index contributed by atoms with van der Waals surface area (Å²) in [6.07, 6.45) is 12.8. The number of allylic oxidation sites excluding steroid dienone is 2. The first-order valence-corrected chi connectivity index (χ1v) is 17.6. The fraction of sp³-hybridized carbons (Fsp3) is 0.136. The van der Waals surface area contributed by atoms with E-state index in [1.807, 2.05) is 72.9 Å². The number of rotatable bonds is 6. The maximum Gasteiger partial charge on any atom is 0.228 e. The zero-order chi connectivity index (χ0) is 35.3. The molecule has 1 heterocycles. The molecule has 1 atom stereocenters. The Morgan fingerprint density at radius 1 is 0.804 bits per heavy atom. The third-order valence-corrected chi connectivity index (χ3v) is 10.0. The van der Waals surface area contributed by atoms with Crippen LogP contribution in [0.25, 0.3) is 17.7 Å². The second kappa shape index (κ2) is 15.2. The van der Waals surface area contributed by atoms with Crippen molar-refractivity contribution < 1.29 is 9.59 Å². The van der Waals surface area contributed by atoms with Gasteiger partial charge in [0.25, 0.3) is 0 Å². The number of nitrogens with two attached hydrogens (primary N) is 2. The van der Waals surface area contributed by atoms with Crippen molar-refractivity contribution in [3.63, 3.8) is 0 Å². The first-order valence-electron chi connectivity index (χ1n) is 17.2. The van der Waals surface area contributed by atoms with Crippen LogP contribution in [0, 0.1) is 10.4 Å². The van der Waals surface area contributed by atoms with Crippen LogP contribution in [0.5, 0.6) is 0 Å². The number of fused-ring (bicyclic) bond motifs is 5. The van der Waals surface area contributed by atoms with Crippen LogP contribution in [0.3, 0.4) is 0 Å². The minimum absolute atomic E-state index is 0.0774. The number of Topliss-reactive ketones (excluding diaryl/α,β-unsaturated/α-hetero) is 1. The molecule has 0 spiro atoms. The number of anilines is 2. The molecule has 6 nitrogen and oxygen atoms in total. The highest BCUT2D eigenvalue weighted by Crippen LogP contribution is 2.25. The summed E-state index contributed by atoms with van der Waals surface area (Å²) in [5.74, 6) is -0.214. The number of carbonyl (C=O) groups excluding carboxylic acids is 2. The van der Waals surface area contributed by atoms with Crippen LogP contribution in [0.4, 0.5) is 11.4 Å². The number of hydrogen-bond donors (Lipinski definition) is 4. The summed E-state index contributed by atoms with van der Waals surface area (Å²) in [5.41, 5.74) is 20.9. The van der Waals surface area contributed by atoms with Gasteiger partial charge >= 0.3 is 0 Å². The minimum atomic E-state index is -0.339. The number of benzene rings is 5. The van der Waals surface area contributed by atoms with Crippen molar-refractivity contribution in [2.45, 2.75) is 38.3 Å². The Balaban J connectivity index is 0.000000313. The topological polar surface area (TPSA) is 110 Å². The Bertz CT molecular complexity index is 2430. The van der Waals surface area contributed by atoms with Gasteiger partial charge in [0.2, 0.25) is 5.91 Å². The molecule has 1 aliphatic heterocycles. The molecule has 254 valence electrons. The third kappa shape index (κ3) is 7.21. The summed E-state index contributed by atoms with van der Waals surface area (Å²) in [6, 6.07) is 32.7. The standard InChI is InChI=1S/C34H30ClN3O2.C10H9N/c35-30-7-3-6-24-25-13-15-29-27(26(25)12-14-28(24)30)16-17-31(37)33(29)34(40)20-8-10-23(11-9-20)38-32(39)18-21-4-1-2-5-22(21)19-36;1-2-7-10-9(5-1)6-3-4-8-11-10/h1-11,13-15,31H,12,16-19,36-37H2,(H,38,39);1-8,11H. The molecule has 0 bridgehead atoms. The summed E-state index contributed by atoms with van der Waals surface area (Å²) >= 11 is 6.47. The molecule has 6 N–H and O–H groups in total. The van der Waals surface area contributed by atoms with Crippen molar-refractivity contribution in [2.24, 2.45) is 11.5 Å². The van der Waals surface area contributed by atoms with Gasteiger partial charge in [0.05, 0.1) is 6.42 Å². The van der Waals surface area contributed by atoms with Gasteiger partial charge < -0.3 is 22.1 Å². The van der Waals surface area contributed by atoms with E-state index in [0.717, 1.165) is 50.3 Å². The van der Waals surface area contributed by atoms with E-state index in [1.165, 1.54) is 21.9 Å². The average Bonchev–Trinajstić information content (AvgIpc) is 3.41. The lowest BCUT2D eigenvalue weighted by Crippen LogP contribution is -2.38. The molecule has 5 aromatic rings. The lowest BCUT2D eigenvalue weighted by atomic mass is 9.81. The molecule has 0 saturated carbocycles. The Kier molecular flexibility index (Phi) is 10.1. The largest absolute Gasteiger partial charge is 0.361 e. The molecule has 2 aliphatic carbocycles. The smallest absolute Gasteiger partial charge is 0.228 e. The van der Waals surface area contributed by atoms with Crippen molar-refractivity contribution in [3.05, 3.63) is 181 Å². The summed E-state index contributed by atoms with van der Waals surface area (Å²) < 4.78 is 0. The molecule has 0 aromatic heterocycles. The molecular formula is C44H39ClN4O2. The van der Waals surface area contributed by atoms with Crippen molar-refractivity contribution >= 4 is 52.4 Å². The summed E-state index contributed by atoms with van der Waals surface area (Å²) in [7, 11) is 0. The number of para-hydroxylation sites is 1. The van der Waals surface area contributed by atoms with Crippen LogP contribution < -0.4 is 32.5 Å². The number of hydrogen-bond acceptors (Lipinski definition) is 5. The molecule has 8 rings (SSSR count). The number of carbonyl (C=O) groups is 2. The van der Waals surface area contributed by atoms with Gasteiger partial charge in [0.1, 0.15) is 0 Å². The zero-order valence-corrected chi connectivity index (χ0v) is 28.9. The van der Waals surface area contributed by atoms with Gasteiger partial charge in [0, 0.05) is 46.3 Å². The Labute approximate surface area is 302 Å². The van der Waals surface area contributed by atoms with Gasteiger partial charge in [0.15, 0.2) is 5.78 Å². The van der Waals surface area contributed by atoms with E-state index >= 15 is 0 Å². The van der Waals surface area contributed by atoms with Crippen molar-refractivity contribution in [1.29, 1.82) is 0 Å². The highest BCUT2D eigenvalue weighted by atomic mass is 35.5. The summed E-state index contributed by atoms with van der Waals surface area (Å²) in [6.45, 7) is 0.382. The SMILES string of the molecule is C1=CNc2ccccc2C=C1.NCc1ccccc1CC(=O)Nc1ccc(C(=O)C2=c3ccc4c(c3CCC2N)CC=c2c(Cl)cccc2=4)cc1. The summed E-state index contributed by atoms with van der Waals surface area (Å²) in [5, 5.41) is 11.2. The van der Waals surface area contributed by atoms with E-state index in [4.69, 9.17) is 23.1 Å². The van der Waals surface area contributed by atoms with Crippen molar-refractivity contribution in [1.82, 2.24) is 0 Å². The van der Waals surface area contributed by atoms with Gasteiger partial charge in [-0.3, -0.25) is 9.59 Å². The molecule has 7 heteroatoms. The molecule has 51 heavy (non-hydrogen) atoms. The fourth-order valence-electron chi connectivity index (χ4n) is 7.13. The van der Waals surface area contributed by atoms with Gasteiger partial charge in [-0.1, -0.05) is 96.6 Å². The lowest BCUT2D eigenvalue weighted by molar-refractivity contribution is -0.115. The molecule has 1 amide bonds. The number of halogens is 1. The molecule has 5 aromatic carbocycles. The number of nitrogens with one attached hydrogen (secondary N) is 2. The van der Waals surface area contributed by atoms with Crippen molar-refractivity contribution in [3.8, 4) is 0 Å². The third-order valence-electron chi connectivity index (χ3n) is 9.70. The predicted molar refractivity (Wildman–Crippen MR) is 208 cm³/mol. The first-order chi connectivity index (χ1) is 24.9. The minimum Gasteiger partial charge on any atom is -0.361 e. The normalized spacial score (nSPS) is 15.0. The predicted octanol–water partition coefficient (Wildman–Crippen LogP) is 6.55. The van der Waals surface area contributed by atoms with Gasteiger partial charge in [-0.15, -0.1) is 0 Å². The Hall–Kier alpha value is -5.53. The number of ketones is 1. The monoisotopic (exact) mass is 690 g/mol. The van der Waals surface area contributed by atoms with Crippen LogP contribution in [0.1, 0.15) is 44.6 Å². The van der Waals surface area contributed by atoms with Crippen LogP contribution in [-0.4, -0.2) is 17.7 Å². The van der Waals surface area contributed by atoms with Gasteiger partial charge in [-0.05, 0) is 110 Å². The van der Waals surface area contributed by atoms with E-state index < -0.39 is 0 Å². The molecule has 0 fully saturated rings. The quantitative estimate of drug-likeness (QED) is 0.151. The average molecular weight is 691 g/mol. The van der Waals surface area contributed by atoms with Crippen LogP contribution >= 0.6 is 11.6 Å². The first kappa shape index (κ1) is 33.9. The van der Waals surface area contributed by atoms with E-state index in [0.29, 0.717) is 29.8 Å². The Morgan fingerprint density at radius 3 is 2.39 bits per heavy atom. The summed E-state index contributed by atoms with van der Waals surface area (Å²) in [4.78, 5) is 26.4. The molecular weight excluding hydrogens is 652 g/mol. The van der Waals surface area contributed by atoms with Crippen LogP contribution in [0.15, 0.2) is 121 Å². The number of amides is 1. The van der Waals surface area contributed by atoms with Gasteiger partial charge in [-0.25, -0.2) is 0 Å². The van der Waals surface area contributed by atoms with E-state index in [-0.39, 0.29) is 24.2 Å². The maximum atomic E-state index is 13.8. The zero-order valence-electron chi connectivity index (χ0n) is 28.2. The molecule has 0 saturated heterocycles. The molecule has 3 aliphatic rings. The van der Waals surface area contributed by atoms with Gasteiger partial charge in [-0.2, -0.15) is 0 Å². The highest BCUT2D eigenvalue weighted by Gasteiger charge is 2.26. The highest BCUT2D eigenvalue weighted by molar-refractivity contribution is 6.30. The van der Waals surface area contributed by atoms with E-state index in [9.17, 15) is 9.59 Å². The van der Waals surface area contributed by atoms with E-state index in [2.05, 4.69) is 47.1 Å². The second-order valence-electron chi connectivity index (χ2n) is 12.8. The second-order valence-corrected chi connectivity index (χ2v) is 13.2. The van der Waals surface area contributed by atoms with Crippen molar-refractivity contribution in [2.75, 3.05) is 10.6 Å². The van der Waals surface area contributed by atoms with Crippen LogP contribution in [-0.2, 0) is 30.6 Å². The molecule has 1 unspecified atom stereocenters. The fourth-order valence-corrected chi connectivity index (χ4v) is 7.38. The van der Waals surface area contributed by atoms with E-state index in [1.54, 1.807) is 24.3 Å². The molecule has 0 radical (unpaired) electrons.